The summed E-state index contributed by atoms with van der Waals surface area (Å²) in [7, 11) is 0. The van der Waals surface area contributed by atoms with Crippen molar-refractivity contribution in [1.29, 1.82) is 0 Å². The SMILES string of the molecule is CCN1C(=O)C(CCN2CCN(c3cccc(C(F)(F)F)c3)CC2)(c2ccccc2)c2cc(F)ccc21. The van der Waals surface area contributed by atoms with Gasteiger partial charge in [0.15, 0.2) is 0 Å². The van der Waals surface area contributed by atoms with Crippen LogP contribution in [0.4, 0.5) is 28.9 Å². The molecular weight excluding hydrogens is 482 g/mol. The van der Waals surface area contributed by atoms with Crippen LogP contribution < -0.4 is 9.80 Å². The van der Waals surface area contributed by atoms with Crippen molar-refractivity contribution in [2.45, 2.75) is 24.9 Å². The second kappa shape index (κ2) is 9.82. The Morgan fingerprint density at radius 3 is 2.30 bits per heavy atom. The summed E-state index contributed by atoms with van der Waals surface area (Å²) in [5.41, 5.74) is 1.19. The smallest absolute Gasteiger partial charge is 0.369 e. The predicted octanol–water partition coefficient (Wildman–Crippen LogP) is 5.71. The van der Waals surface area contributed by atoms with Gasteiger partial charge in [-0.2, -0.15) is 13.2 Å². The van der Waals surface area contributed by atoms with Crippen LogP contribution in [-0.4, -0.2) is 50.1 Å². The Morgan fingerprint density at radius 2 is 1.62 bits per heavy atom. The van der Waals surface area contributed by atoms with Crippen molar-refractivity contribution in [1.82, 2.24) is 4.90 Å². The summed E-state index contributed by atoms with van der Waals surface area (Å²) in [5, 5.41) is 0. The number of carbonyl (C=O) groups excluding carboxylic acids is 1. The number of likely N-dealkylation sites (N-methyl/N-ethyl adjacent to an activating group) is 1. The largest absolute Gasteiger partial charge is 0.416 e. The van der Waals surface area contributed by atoms with Gasteiger partial charge in [-0.15, -0.1) is 0 Å². The van der Waals surface area contributed by atoms with Gasteiger partial charge in [-0.3, -0.25) is 9.69 Å². The van der Waals surface area contributed by atoms with Crippen LogP contribution in [0, 0.1) is 5.82 Å². The molecule has 1 amide bonds. The zero-order valence-electron chi connectivity index (χ0n) is 20.6. The molecule has 1 fully saturated rings. The highest BCUT2D eigenvalue weighted by atomic mass is 19.4. The molecule has 4 nitrogen and oxygen atoms in total. The van der Waals surface area contributed by atoms with E-state index in [1.165, 1.54) is 24.3 Å². The summed E-state index contributed by atoms with van der Waals surface area (Å²) < 4.78 is 53.9. The van der Waals surface area contributed by atoms with Gasteiger partial charge < -0.3 is 9.80 Å². The first-order valence-electron chi connectivity index (χ1n) is 12.6. The zero-order chi connectivity index (χ0) is 26.2. The maximum atomic E-state index is 14.5. The lowest BCUT2D eigenvalue weighted by molar-refractivity contribution is -0.137. The van der Waals surface area contributed by atoms with Crippen LogP contribution in [0.3, 0.4) is 0 Å². The maximum Gasteiger partial charge on any atom is 0.416 e. The van der Waals surface area contributed by atoms with Crippen molar-refractivity contribution in [3.05, 3.63) is 95.3 Å². The third kappa shape index (κ3) is 4.59. The molecule has 1 atom stereocenters. The van der Waals surface area contributed by atoms with Crippen LogP contribution in [0.2, 0.25) is 0 Å². The zero-order valence-corrected chi connectivity index (χ0v) is 20.6. The number of hydrogen-bond donors (Lipinski definition) is 0. The molecule has 2 aliphatic rings. The average molecular weight is 512 g/mol. The van der Waals surface area contributed by atoms with E-state index < -0.39 is 17.2 Å². The monoisotopic (exact) mass is 511 g/mol. The highest BCUT2D eigenvalue weighted by Gasteiger charge is 2.51. The standard InChI is InChI=1S/C29H29F4N3O/c1-2-36-26-12-11-23(30)20-25(26)28(27(36)37,21-7-4-3-5-8-21)13-14-34-15-17-35(18-16-34)24-10-6-9-22(19-24)29(31,32)33/h3-12,19-20H,2,13-18H2,1H3. The molecule has 1 unspecified atom stereocenters. The number of fused-ring (bicyclic) bond motifs is 1. The fourth-order valence-corrected chi connectivity index (χ4v) is 5.68. The number of amides is 1. The third-order valence-electron chi connectivity index (χ3n) is 7.62. The summed E-state index contributed by atoms with van der Waals surface area (Å²) in [6, 6.07) is 19.5. The summed E-state index contributed by atoms with van der Waals surface area (Å²) in [6.45, 7) is 5.48. The van der Waals surface area contributed by atoms with Crippen molar-refractivity contribution in [2.24, 2.45) is 0 Å². The predicted molar refractivity (Wildman–Crippen MR) is 136 cm³/mol. The Hall–Kier alpha value is -3.39. The van der Waals surface area contributed by atoms with E-state index in [0.717, 1.165) is 17.3 Å². The Kier molecular flexibility index (Phi) is 6.70. The molecule has 3 aromatic carbocycles. The van der Waals surface area contributed by atoms with E-state index in [1.807, 2.05) is 42.2 Å². The fourth-order valence-electron chi connectivity index (χ4n) is 5.68. The molecule has 0 spiro atoms. The van der Waals surface area contributed by atoms with Gasteiger partial charge in [-0.25, -0.2) is 4.39 Å². The van der Waals surface area contributed by atoms with Gasteiger partial charge in [-0.05, 0) is 67.4 Å². The molecule has 1 saturated heterocycles. The first-order chi connectivity index (χ1) is 17.7. The fraction of sp³-hybridized carbons (Fsp3) is 0.345. The van der Waals surface area contributed by atoms with E-state index in [2.05, 4.69) is 4.90 Å². The van der Waals surface area contributed by atoms with Crippen LogP contribution in [0.25, 0.3) is 0 Å². The Labute approximate surface area is 214 Å². The molecule has 0 radical (unpaired) electrons. The van der Waals surface area contributed by atoms with Gasteiger partial charge in [-0.1, -0.05) is 36.4 Å². The lowest BCUT2D eigenvalue weighted by Gasteiger charge is -2.38. The van der Waals surface area contributed by atoms with E-state index in [1.54, 1.807) is 17.0 Å². The highest BCUT2D eigenvalue weighted by molar-refractivity contribution is 6.10. The average Bonchev–Trinajstić information content (AvgIpc) is 3.14. The molecular formula is C29H29F4N3O. The first-order valence-corrected chi connectivity index (χ1v) is 12.6. The summed E-state index contributed by atoms with van der Waals surface area (Å²) in [6.07, 6.45) is -3.90. The summed E-state index contributed by atoms with van der Waals surface area (Å²) in [4.78, 5) is 19.9. The molecule has 0 saturated carbocycles. The Balaban J connectivity index is 1.37. The van der Waals surface area contributed by atoms with E-state index in [9.17, 15) is 22.4 Å². The molecule has 3 aromatic rings. The van der Waals surface area contributed by atoms with Crippen molar-refractivity contribution in [3.63, 3.8) is 0 Å². The molecule has 0 aliphatic carbocycles. The van der Waals surface area contributed by atoms with E-state index >= 15 is 0 Å². The number of nitrogens with zero attached hydrogens (tertiary/aromatic N) is 3. The molecule has 2 heterocycles. The van der Waals surface area contributed by atoms with Crippen molar-refractivity contribution < 1.29 is 22.4 Å². The van der Waals surface area contributed by atoms with Crippen LogP contribution in [-0.2, 0) is 16.4 Å². The quantitative estimate of drug-likeness (QED) is 0.397. The number of alkyl halides is 3. The van der Waals surface area contributed by atoms with Gasteiger partial charge in [0.05, 0.1) is 5.56 Å². The topological polar surface area (TPSA) is 26.8 Å². The van der Waals surface area contributed by atoms with Gasteiger partial charge >= 0.3 is 6.18 Å². The van der Waals surface area contributed by atoms with Crippen molar-refractivity contribution in [3.8, 4) is 0 Å². The normalized spacial score (nSPS) is 20.4. The molecule has 194 valence electrons. The van der Waals surface area contributed by atoms with E-state index in [4.69, 9.17) is 0 Å². The molecule has 5 rings (SSSR count). The van der Waals surface area contributed by atoms with Gasteiger partial charge in [0, 0.05) is 44.1 Å². The molecule has 2 aliphatic heterocycles. The summed E-state index contributed by atoms with van der Waals surface area (Å²) in [5.74, 6) is -0.427. The minimum atomic E-state index is -4.38. The molecule has 0 N–H and O–H groups in total. The van der Waals surface area contributed by atoms with Gasteiger partial charge in [0.25, 0.3) is 0 Å². The van der Waals surface area contributed by atoms with Crippen LogP contribution >= 0.6 is 0 Å². The van der Waals surface area contributed by atoms with Crippen molar-refractivity contribution >= 4 is 17.3 Å². The maximum absolute atomic E-state index is 14.5. The number of halogens is 4. The highest BCUT2D eigenvalue weighted by Crippen LogP contribution is 2.48. The van der Waals surface area contributed by atoms with E-state index in [-0.39, 0.29) is 11.7 Å². The first kappa shape index (κ1) is 25.3. The number of rotatable bonds is 6. The van der Waals surface area contributed by atoms with Gasteiger partial charge in [0.2, 0.25) is 5.91 Å². The Bertz CT molecular complexity index is 1270. The molecule has 37 heavy (non-hydrogen) atoms. The molecule has 8 heteroatoms. The number of anilines is 2. The number of carbonyl (C=O) groups is 1. The van der Waals surface area contributed by atoms with Crippen molar-refractivity contribution in [2.75, 3.05) is 49.1 Å². The number of hydrogen-bond acceptors (Lipinski definition) is 3. The third-order valence-corrected chi connectivity index (χ3v) is 7.62. The van der Waals surface area contributed by atoms with Crippen LogP contribution in [0.1, 0.15) is 30.0 Å². The minimum Gasteiger partial charge on any atom is -0.369 e. The summed E-state index contributed by atoms with van der Waals surface area (Å²) >= 11 is 0. The minimum absolute atomic E-state index is 0.0515. The lowest BCUT2D eigenvalue weighted by atomic mass is 9.72. The Morgan fingerprint density at radius 1 is 0.892 bits per heavy atom. The molecule has 0 bridgehead atoms. The number of piperazine rings is 1. The number of benzene rings is 3. The second-order valence-corrected chi connectivity index (χ2v) is 9.61. The van der Waals surface area contributed by atoms with Crippen LogP contribution in [0.5, 0.6) is 0 Å². The molecule has 0 aromatic heterocycles. The van der Waals surface area contributed by atoms with E-state index in [0.29, 0.717) is 56.9 Å². The van der Waals surface area contributed by atoms with Crippen LogP contribution in [0.15, 0.2) is 72.8 Å². The second-order valence-electron chi connectivity index (χ2n) is 9.61. The van der Waals surface area contributed by atoms with Gasteiger partial charge in [0.1, 0.15) is 11.2 Å². The lowest BCUT2D eigenvalue weighted by Crippen LogP contribution is -2.49.